The van der Waals surface area contributed by atoms with Gasteiger partial charge >= 0.3 is 0 Å². The normalized spacial score (nSPS) is 18.1. The fraction of sp³-hybridized carbons (Fsp3) is 0.615. The van der Waals surface area contributed by atoms with Crippen molar-refractivity contribution in [2.45, 2.75) is 13.0 Å². The third-order valence-electron chi connectivity index (χ3n) is 2.90. The summed E-state index contributed by atoms with van der Waals surface area (Å²) in [4.78, 5) is 29.0. The van der Waals surface area contributed by atoms with Crippen molar-refractivity contribution in [3.63, 3.8) is 0 Å². The Kier molecular flexibility index (Phi) is 7.27. The van der Waals surface area contributed by atoms with Crippen LogP contribution in [0.2, 0.25) is 0 Å². The molecule has 1 unspecified atom stereocenters. The van der Waals surface area contributed by atoms with Crippen molar-refractivity contribution in [1.82, 2.24) is 14.8 Å². The first-order valence-corrected chi connectivity index (χ1v) is 7.41. The second-order valence-electron chi connectivity index (χ2n) is 4.85. The minimum absolute atomic E-state index is 0.0227. The van der Waals surface area contributed by atoms with E-state index in [1.807, 2.05) is 31.3 Å². The number of ether oxygens (including phenoxy) is 1. The molecule has 0 spiro atoms. The molecule has 1 saturated heterocycles. The summed E-state index contributed by atoms with van der Waals surface area (Å²) in [5.74, 6) is 0.0227. The van der Waals surface area contributed by atoms with Crippen LogP contribution >= 0.6 is 11.3 Å². The lowest BCUT2D eigenvalue weighted by atomic mass is 10.2. The van der Waals surface area contributed by atoms with Crippen LogP contribution in [0.25, 0.3) is 0 Å². The molecule has 1 amide bonds. The smallest absolute Gasteiger partial charge is 0.290 e. The van der Waals surface area contributed by atoms with E-state index in [0.29, 0.717) is 25.5 Å². The van der Waals surface area contributed by atoms with Gasteiger partial charge in [0.1, 0.15) is 5.69 Å². The number of carboxylic acid groups (broad SMARTS) is 1. The molecule has 0 radical (unpaired) electrons. The monoisotopic (exact) mass is 315 g/mol. The van der Waals surface area contributed by atoms with Gasteiger partial charge in [-0.2, -0.15) is 0 Å². The molecule has 1 atom stereocenters. The number of aromatic nitrogens is 1. The van der Waals surface area contributed by atoms with Crippen molar-refractivity contribution < 1.29 is 19.4 Å². The number of aryl methyl sites for hydroxylation is 1. The van der Waals surface area contributed by atoms with Crippen LogP contribution in [0.1, 0.15) is 15.5 Å². The molecule has 1 aromatic rings. The minimum atomic E-state index is -0.250. The van der Waals surface area contributed by atoms with Crippen LogP contribution in [0.3, 0.4) is 0 Å². The first-order valence-electron chi connectivity index (χ1n) is 6.53. The number of hydrogen-bond donors (Lipinski definition) is 1. The predicted octanol–water partition coefficient (Wildman–Crippen LogP) is 0.555. The maximum Gasteiger partial charge on any atom is 0.290 e. The van der Waals surface area contributed by atoms with E-state index >= 15 is 0 Å². The Hall–Kier alpha value is -1.51. The Bertz CT molecular complexity index is 464. The summed E-state index contributed by atoms with van der Waals surface area (Å²) in [6.07, 6.45) is 0. The maximum absolute atomic E-state index is 12.4. The molecule has 1 N–H and O–H groups in total. The molecule has 0 saturated carbocycles. The Balaban J connectivity index is 0.000000677. The second kappa shape index (κ2) is 8.71. The first-order chi connectivity index (χ1) is 9.99. The molecule has 2 rings (SSSR count). The minimum Gasteiger partial charge on any atom is -0.483 e. The topological polar surface area (TPSA) is 83.0 Å². The van der Waals surface area contributed by atoms with Crippen molar-refractivity contribution in [3.8, 4) is 0 Å². The van der Waals surface area contributed by atoms with E-state index in [9.17, 15) is 4.79 Å². The van der Waals surface area contributed by atoms with Crippen molar-refractivity contribution >= 4 is 23.7 Å². The van der Waals surface area contributed by atoms with Gasteiger partial charge in [-0.3, -0.25) is 9.59 Å². The van der Waals surface area contributed by atoms with E-state index in [4.69, 9.17) is 14.6 Å². The molecular formula is C13H21N3O4S. The Labute approximate surface area is 128 Å². The fourth-order valence-electron chi connectivity index (χ4n) is 2.10. The van der Waals surface area contributed by atoms with Gasteiger partial charge in [-0.1, -0.05) is 0 Å². The zero-order valence-electron chi connectivity index (χ0n) is 12.5. The zero-order chi connectivity index (χ0) is 15.8. The zero-order valence-corrected chi connectivity index (χ0v) is 13.3. The molecule has 21 heavy (non-hydrogen) atoms. The largest absolute Gasteiger partial charge is 0.483 e. The van der Waals surface area contributed by atoms with Gasteiger partial charge in [0.05, 0.1) is 24.3 Å². The molecule has 1 aliphatic heterocycles. The lowest BCUT2D eigenvalue weighted by Crippen LogP contribution is -2.52. The number of carbonyl (C=O) groups excluding carboxylic acids is 1. The molecule has 1 aliphatic rings. The molecule has 2 heterocycles. The van der Waals surface area contributed by atoms with Gasteiger partial charge in [0, 0.05) is 18.5 Å². The third-order valence-corrected chi connectivity index (χ3v) is 3.68. The highest BCUT2D eigenvalue weighted by molar-refractivity contribution is 7.09. The summed E-state index contributed by atoms with van der Waals surface area (Å²) in [5, 5.41) is 9.65. The van der Waals surface area contributed by atoms with E-state index in [0.717, 1.165) is 11.6 Å². The van der Waals surface area contributed by atoms with Gasteiger partial charge in [0.15, 0.2) is 0 Å². The Morgan fingerprint density at radius 3 is 2.86 bits per heavy atom. The SMILES string of the molecule is Cc1nc(C(=O)N2CCOCC2CN(C)C)cs1.O=CO. The van der Waals surface area contributed by atoms with E-state index in [1.54, 1.807) is 0 Å². The van der Waals surface area contributed by atoms with E-state index in [1.165, 1.54) is 11.3 Å². The fourth-order valence-corrected chi connectivity index (χ4v) is 2.69. The summed E-state index contributed by atoms with van der Waals surface area (Å²) in [5.41, 5.74) is 0.558. The summed E-state index contributed by atoms with van der Waals surface area (Å²) in [6, 6.07) is 0.114. The second-order valence-corrected chi connectivity index (χ2v) is 5.91. The first kappa shape index (κ1) is 17.5. The molecule has 0 aromatic carbocycles. The van der Waals surface area contributed by atoms with Gasteiger partial charge in [0.2, 0.25) is 0 Å². The molecule has 1 fully saturated rings. The average molecular weight is 315 g/mol. The van der Waals surface area contributed by atoms with Crippen LogP contribution in [-0.2, 0) is 9.53 Å². The van der Waals surface area contributed by atoms with Crippen LogP contribution in [0.5, 0.6) is 0 Å². The van der Waals surface area contributed by atoms with Gasteiger partial charge in [0.25, 0.3) is 12.4 Å². The number of nitrogens with zero attached hydrogens (tertiary/aromatic N) is 3. The van der Waals surface area contributed by atoms with Crippen LogP contribution < -0.4 is 0 Å². The Morgan fingerprint density at radius 1 is 1.67 bits per heavy atom. The highest BCUT2D eigenvalue weighted by Crippen LogP contribution is 2.15. The molecule has 8 heteroatoms. The summed E-state index contributed by atoms with van der Waals surface area (Å²) in [6.45, 7) is 4.34. The van der Waals surface area contributed by atoms with Gasteiger partial charge < -0.3 is 19.6 Å². The number of hydrogen-bond acceptors (Lipinski definition) is 6. The molecule has 1 aromatic heterocycles. The van der Waals surface area contributed by atoms with Gasteiger partial charge in [-0.25, -0.2) is 4.98 Å². The van der Waals surface area contributed by atoms with Gasteiger partial charge in [-0.05, 0) is 21.0 Å². The molecular weight excluding hydrogens is 294 g/mol. The number of likely N-dealkylation sites (N-methyl/N-ethyl adjacent to an activating group) is 1. The lowest BCUT2D eigenvalue weighted by Gasteiger charge is -2.36. The molecule has 7 nitrogen and oxygen atoms in total. The van der Waals surface area contributed by atoms with Crippen LogP contribution in [-0.4, -0.2) is 78.7 Å². The maximum atomic E-state index is 12.4. The number of carbonyl (C=O) groups is 2. The van der Waals surface area contributed by atoms with E-state index < -0.39 is 0 Å². The lowest BCUT2D eigenvalue weighted by molar-refractivity contribution is -0.122. The summed E-state index contributed by atoms with van der Waals surface area (Å²) < 4.78 is 5.47. The van der Waals surface area contributed by atoms with E-state index in [2.05, 4.69) is 9.88 Å². The number of rotatable bonds is 3. The van der Waals surface area contributed by atoms with E-state index in [-0.39, 0.29) is 18.4 Å². The number of amides is 1. The van der Waals surface area contributed by atoms with Crippen molar-refractivity contribution in [2.75, 3.05) is 40.4 Å². The summed E-state index contributed by atoms with van der Waals surface area (Å²) >= 11 is 1.51. The number of thiazole rings is 1. The third kappa shape index (κ3) is 5.41. The molecule has 0 aliphatic carbocycles. The summed E-state index contributed by atoms with van der Waals surface area (Å²) in [7, 11) is 4.01. The van der Waals surface area contributed by atoms with Crippen molar-refractivity contribution in [3.05, 3.63) is 16.1 Å². The van der Waals surface area contributed by atoms with Crippen LogP contribution in [0, 0.1) is 6.92 Å². The predicted molar refractivity (Wildman–Crippen MR) is 79.7 cm³/mol. The molecule has 0 bridgehead atoms. The quantitative estimate of drug-likeness (QED) is 0.821. The van der Waals surface area contributed by atoms with Crippen molar-refractivity contribution in [2.24, 2.45) is 0 Å². The number of morpholine rings is 1. The van der Waals surface area contributed by atoms with Crippen LogP contribution in [0.4, 0.5) is 0 Å². The average Bonchev–Trinajstić information content (AvgIpc) is 2.85. The molecule has 118 valence electrons. The standard InChI is InChI=1S/C12H19N3O2S.CH2O2/c1-9-13-11(8-18-9)12(16)15-4-5-17-7-10(15)6-14(2)3;2-1-3/h8,10H,4-7H2,1-3H3;1H,(H,2,3). The van der Waals surface area contributed by atoms with Gasteiger partial charge in [-0.15, -0.1) is 11.3 Å². The highest BCUT2D eigenvalue weighted by Gasteiger charge is 2.29. The van der Waals surface area contributed by atoms with Crippen molar-refractivity contribution in [1.29, 1.82) is 0 Å². The Morgan fingerprint density at radius 2 is 2.33 bits per heavy atom. The highest BCUT2D eigenvalue weighted by atomic mass is 32.1. The van der Waals surface area contributed by atoms with Crippen LogP contribution in [0.15, 0.2) is 5.38 Å².